The minimum Gasteiger partial charge on any atom is -0.477 e. The molecular weight excluding hydrogens is 310 g/mol. The van der Waals surface area contributed by atoms with Crippen LogP contribution in [-0.2, 0) is 10.0 Å². The van der Waals surface area contributed by atoms with Crippen molar-refractivity contribution in [3.63, 3.8) is 0 Å². The van der Waals surface area contributed by atoms with Gasteiger partial charge in [0, 0.05) is 12.4 Å². The number of thiophene rings is 1. The topological polar surface area (TPSA) is 74.7 Å². The first-order chi connectivity index (χ1) is 9.71. The smallest absolute Gasteiger partial charge is 0.345 e. The number of aromatic carboxylic acids is 1. The average Bonchev–Trinajstić information content (AvgIpc) is 2.86. The zero-order valence-corrected chi connectivity index (χ0v) is 13.5. The van der Waals surface area contributed by atoms with Crippen LogP contribution in [0.5, 0.6) is 0 Å². The molecule has 0 saturated heterocycles. The van der Waals surface area contributed by atoms with Crippen molar-refractivity contribution < 1.29 is 18.3 Å². The molecule has 0 aliphatic carbocycles. The standard InChI is InChI=1S/C14H15NO4S2/c1-9-4-10(2)6-11(5-9)15(3)21(18,19)12-7-13(14(16)17)20-8-12/h4-8H,1-3H3,(H,16,17). The minimum absolute atomic E-state index is 0.00222. The number of carboxylic acid groups (broad SMARTS) is 1. The Morgan fingerprint density at radius 2 is 1.71 bits per heavy atom. The predicted octanol–water partition coefficient (Wildman–Crippen LogP) is 2.89. The third-order valence-corrected chi connectivity index (χ3v) is 5.85. The van der Waals surface area contributed by atoms with E-state index in [1.165, 1.54) is 22.8 Å². The maximum atomic E-state index is 12.5. The largest absolute Gasteiger partial charge is 0.477 e. The Labute approximate surface area is 127 Å². The first-order valence-electron chi connectivity index (χ1n) is 6.11. The summed E-state index contributed by atoms with van der Waals surface area (Å²) in [5, 5.41) is 10.2. The monoisotopic (exact) mass is 325 g/mol. The Bertz CT molecular complexity index is 773. The number of carboxylic acids is 1. The van der Waals surface area contributed by atoms with Crippen molar-refractivity contribution in [3.8, 4) is 0 Å². The number of rotatable bonds is 4. The van der Waals surface area contributed by atoms with Crippen LogP contribution in [0.15, 0.2) is 34.5 Å². The van der Waals surface area contributed by atoms with Gasteiger partial charge in [0.25, 0.3) is 10.0 Å². The van der Waals surface area contributed by atoms with E-state index in [1.54, 1.807) is 12.1 Å². The van der Waals surface area contributed by atoms with E-state index >= 15 is 0 Å². The maximum Gasteiger partial charge on any atom is 0.345 e. The third-order valence-electron chi connectivity index (χ3n) is 3.01. The maximum absolute atomic E-state index is 12.5. The van der Waals surface area contributed by atoms with Gasteiger partial charge in [-0.1, -0.05) is 6.07 Å². The van der Waals surface area contributed by atoms with Crippen LogP contribution < -0.4 is 4.31 Å². The predicted molar refractivity (Wildman–Crippen MR) is 82.8 cm³/mol. The zero-order valence-electron chi connectivity index (χ0n) is 11.8. The van der Waals surface area contributed by atoms with Crippen molar-refractivity contribution >= 4 is 33.0 Å². The molecule has 1 aromatic carbocycles. The fourth-order valence-corrected chi connectivity index (χ4v) is 4.27. The fraction of sp³-hybridized carbons (Fsp3) is 0.214. The third kappa shape index (κ3) is 3.08. The van der Waals surface area contributed by atoms with Crippen LogP contribution >= 0.6 is 11.3 Å². The van der Waals surface area contributed by atoms with Gasteiger partial charge in [0.1, 0.15) is 4.88 Å². The molecule has 5 nitrogen and oxygen atoms in total. The van der Waals surface area contributed by atoms with Gasteiger partial charge in [-0.15, -0.1) is 11.3 Å². The molecule has 21 heavy (non-hydrogen) atoms. The first-order valence-corrected chi connectivity index (χ1v) is 8.43. The van der Waals surface area contributed by atoms with Gasteiger partial charge in [0.05, 0.1) is 10.6 Å². The molecule has 2 aromatic rings. The Hall–Kier alpha value is -1.86. The summed E-state index contributed by atoms with van der Waals surface area (Å²) in [6.07, 6.45) is 0. The molecule has 0 unspecified atom stereocenters. The highest BCUT2D eigenvalue weighted by Crippen LogP contribution is 2.27. The highest BCUT2D eigenvalue weighted by molar-refractivity contribution is 7.93. The molecule has 0 bridgehead atoms. The van der Waals surface area contributed by atoms with E-state index in [4.69, 9.17) is 5.11 Å². The summed E-state index contributed by atoms with van der Waals surface area (Å²) in [4.78, 5) is 10.9. The van der Waals surface area contributed by atoms with Crippen LogP contribution in [0, 0.1) is 13.8 Å². The molecule has 0 aliphatic rings. The molecule has 1 aromatic heterocycles. The van der Waals surface area contributed by atoms with Crippen LogP contribution in [0.1, 0.15) is 20.8 Å². The van der Waals surface area contributed by atoms with Gasteiger partial charge in [0.15, 0.2) is 0 Å². The van der Waals surface area contributed by atoms with E-state index in [9.17, 15) is 13.2 Å². The van der Waals surface area contributed by atoms with Crippen molar-refractivity contribution in [3.05, 3.63) is 45.6 Å². The number of carbonyl (C=O) groups is 1. The summed E-state index contributed by atoms with van der Waals surface area (Å²) in [5.41, 5.74) is 2.47. The van der Waals surface area contributed by atoms with E-state index in [2.05, 4.69) is 0 Å². The first kappa shape index (κ1) is 15.5. The highest BCUT2D eigenvalue weighted by Gasteiger charge is 2.24. The van der Waals surface area contributed by atoms with Gasteiger partial charge in [0.2, 0.25) is 0 Å². The average molecular weight is 325 g/mol. The highest BCUT2D eigenvalue weighted by atomic mass is 32.2. The fourth-order valence-electron chi connectivity index (χ4n) is 2.00. The lowest BCUT2D eigenvalue weighted by molar-refractivity contribution is 0.0702. The molecule has 0 aliphatic heterocycles. The lowest BCUT2D eigenvalue weighted by atomic mass is 10.1. The SMILES string of the molecule is Cc1cc(C)cc(N(C)S(=O)(=O)c2csc(C(=O)O)c2)c1. The van der Waals surface area contributed by atoms with E-state index in [0.717, 1.165) is 22.5 Å². The van der Waals surface area contributed by atoms with E-state index < -0.39 is 16.0 Å². The van der Waals surface area contributed by atoms with E-state index in [0.29, 0.717) is 5.69 Å². The molecule has 0 amide bonds. The molecule has 0 fully saturated rings. The van der Waals surface area contributed by atoms with Crippen molar-refractivity contribution in [2.75, 3.05) is 11.4 Å². The van der Waals surface area contributed by atoms with Crippen LogP contribution in [0.2, 0.25) is 0 Å². The quantitative estimate of drug-likeness (QED) is 0.938. The summed E-state index contributed by atoms with van der Waals surface area (Å²) >= 11 is 0.898. The lowest BCUT2D eigenvalue weighted by Crippen LogP contribution is -2.26. The number of benzene rings is 1. The van der Waals surface area contributed by atoms with Crippen LogP contribution in [-0.4, -0.2) is 26.5 Å². The minimum atomic E-state index is -3.76. The van der Waals surface area contributed by atoms with Crippen molar-refractivity contribution in [2.45, 2.75) is 18.7 Å². The Kier molecular flexibility index (Phi) is 4.06. The molecule has 1 heterocycles. The van der Waals surface area contributed by atoms with E-state index in [1.807, 2.05) is 19.9 Å². The Morgan fingerprint density at radius 3 is 2.19 bits per heavy atom. The molecule has 0 radical (unpaired) electrons. The molecule has 2 rings (SSSR count). The van der Waals surface area contributed by atoms with Crippen molar-refractivity contribution in [1.29, 1.82) is 0 Å². The second kappa shape index (κ2) is 5.50. The van der Waals surface area contributed by atoms with Crippen molar-refractivity contribution in [2.24, 2.45) is 0 Å². The van der Waals surface area contributed by atoms with Gasteiger partial charge in [-0.05, 0) is 43.2 Å². The van der Waals surface area contributed by atoms with Crippen LogP contribution in [0.25, 0.3) is 0 Å². The number of sulfonamides is 1. The van der Waals surface area contributed by atoms with E-state index in [-0.39, 0.29) is 9.77 Å². The second-order valence-corrected chi connectivity index (χ2v) is 7.65. The van der Waals surface area contributed by atoms with Crippen molar-refractivity contribution in [1.82, 2.24) is 0 Å². The number of hydrogen-bond acceptors (Lipinski definition) is 4. The van der Waals surface area contributed by atoms with Gasteiger partial charge >= 0.3 is 5.97 Å². The normalized spacial score (nSPS) is 11.4. The van der Waals surface area contributed by atoms with Crippen LogP contribution in [0.4, 0.5) is 5.69 Å². The molecule has 0 saturated carbocycles. The van der Waals surface area contributed by atoms with Crippen LogP contribution in [0.3, 0.4) is 0 Å². The van der Waals surface area contributed by atoms with Gasteiger partial charge in [-0.2, -0.15) is 0 Å². The summed E-state index contributed by atoms with van der Waals surface area (Å²) in [6, 6.07) is 6.68. The van der Waals surface area contributed by atoms with Gasteiger partial charge in [-0.3, -0.25) is 4.31 Å². The van der Waals surface area contributed by atoms with Gasteiger partial charge < -0.3 is 5.11 Å². The zero-order chi connectivity index (χ0) is 15.8. The molecule has 0 atom stereocenters. The summed E-state index contributed by atoms with van der Waals surface area (Å²) < 4.78 is 26.2. The lowest BCUT2D eigenvalue weighted by Gasteiger charge is -2.19. The second-order valence-electron chi connectivity index (χ2n) is 4.77. The molecule has 112 valence electrons. The molecule has 1 N–H and O–H groups in total. The Balaban J connectivity index is 2.44. The number of anilines is 1. The summed E-state index contributed by atoms with van der Waals surface area (Å²) in [7, 11) is -2.30. The number of nitrogens with zero attached hydrogens (tertiary/aromatic N) is 1. The summed E-state index contributed by atoms with van der Waals surface area (Å²) in [6.45, 7) is 3.79. The summed E-state index contributed by atoms with van der Waals surface area (Å²) in [5.74, 6) is -1.13. The Morgan fingerprint density at radius 1 is 1.14 bits per heavy atom. The molecular formula is C14H15NO4S2. The number of aryl methyl sites for hydroxylation is 2. The van der Waals surface area contributed by atoms with Gasteiger partial charge in [-0.25, -0.2) is 13.2 Å². The number of hydrogen-bond donors (Lipinski definition) is 1. The molecule has 0 spiro atoms. The molecule has 7 heteroatoms.